The van der Waals surface area contributed by atoms with Crippen LogP contribution in [0.5, 0.6) is 0 Å². The molecule has 0 aliphatic carbocycles. The fourth-order valence-electron chi connectivity index (χ4n) is 4.88. The molecule has 4 aromatic rings. The number of aryl methyl sites for hydroxylation is 1. The molecule has 0 spiro atoms. The van der Waals surface area contributed by atoms with E-state index in [9.17, 15) is 14.2 Å². The fourth-order valence-corrected chi connectivity index (χ4v) is 5.03. The van der Waals surface area contributed by atoms with Crippen molar-refractivity contribution in [3.8, 4) is 11.3 Å². The highest BCUT2D eigenvalue weighted by Gasteiger charge is 2.30. The number of halogens is 2. The molecule has 194 valence electrons. The lowest BCUT2D eigenvalue weighted by Gasteiger charge is -2.21. The van der Waals surface area contributed by atoms with Crippen LogP contribution >= 0.6 is 11.6 Å². The topological polar surface area (TPSA) is 97.0 Å². The minimum absolute atomic E-state index is 0.00571. The average molecular weight is 534 g/mol. The van der Waals surface area contributed by atoms with Crippen LogP contribution in [0.3, 0.4) is 0 Å². The summed E-state index contributed by atoms with van der Waals surface area (Å²) >= 11 is 6.24. The van der Waals surface area contributed by atoms with Gasteiger partial charge in [-0.25, -0.2) is 9.37 Å². The Balaban J connectivity index is 1.62. The number of aromatic nitrogens is 1. The molecular formula is C28H26BClFN3O4. The lowest BCUT2D eigenvalue weighted by atomic mass is 9.75. The largest absolute Gasteiger partial charge is 0.586 e. The molecule has 3 heterocycles. The molecule has 1 unspecified atom stereocenters. The van der Waals surface area contributed by atoms with Gasteiger partial charge in [-0.05, 0) is 56.7 Å². The summed E-state index contributed by atoms with van der Waals surface area (Å²) in [7, 11) is -1.49. The molecule has 0 fully saturated rings. The summed E-state index contributed by atoms with van der Waals surface area (Å²) in [6, 6.07) is 9.87. The van der Waals surface area contributed by atoms with E-state index in [-0.39, 0.29) is 28.0 Å². The third-order valence-corrected chi connectivity index (χ3v) is 6.90. The van der Waals surface area contributed by atoms with E-state index in [0.717, 1.165) is 11.1 Å². The molecule has 0 saturated carbocycles. The molecule has 1 atom stereocenters. The first-order chi connectivity index (χ1) is 18.0. The molecule has 1 aliphatic heterocycles. The van der Waals surface area contributed by atoms with Crippen molar-refractivity contribution < 1.29 is 18.6 Å². The first-order valence-electron chi connectivity index (χ1n) is 12.3. The summed E-state index contributed by atoms with van der Waals surface area (Å²) in [5, 5.41) is 17.8. The van der Waals surface area contributed by atoms with Crippen molar-refractivity contribution in [1.82, 2.24) is 4.98 Å². The van der Waals surface area contributed by atoms with Crippen LogP contribution in [0, 0.1) is 19.7 Å². The van der Waals surface area contributed by atoms with Crippen molar-refractivity contribution in [2.24, 2.45) is 5.16 Å². The minimum Gasteiger partial charge on any atom is -0.460 e. The van der Waals surface area contributed by atoms with Gasteiger partial charge in [-0.2, -0.15) is 0 Å². The normalized spacial score (nSPS) is 13.6. The monoisotopic (exact) mass is 533 g/mol. The Morgan fingerprint density at radius 3 is 2.63 bits per heavy atom. The molecule has 0 amide bonds. The first kappa shape index (κ1) is 25.9. The number of fused-ring (bicyclic) bond motifs is 2. The second kappa shape index (κ2) is 9.89. The smallest absolute Gasteiger partial charge is 0.460 e. The first-order valence-corrected chi connectivity index (χ1v) is 12.6. The van der Waals surface area contributed by atoms with Crippen LogP contribution in [0.2, 0.25) is 5.15 Å². The van der Waals surface area contributed by atoms with E-state index in [0.29, 0.717) is 44.8 Å². The molecule has 1 aliphatic rings. The zero-order valence-corrected chi connectivity index (χ0v) is 22.4. The molecule has 2 aromatic carbocycles. The maximum atomic E-state index is 15.0. The van der Waals surface area contributed by atoms with Crippen molar-refractivity contribution in [2.75, 3.05) is 5.32 Å². The van der Waals surface area contributed by atoms with Gasteiger partial charge in [0.2, 0.25) is 0 Å². The van der Waals surface area contributed by atoms with E-state index in [4.69, 9.17) is 20.8 Å². The molecule has 7 nitrogen and oxygen atoms in total. The molecule has 0 bridgehead atoms. The van der Waals surface area contributed by atoms with Crippen molar-refractivity contribution in [3.05, 3.63) is 85.6 Å². The fraction of sp³-hybridized carbons (Fsp3) is 0.250. The van der Waals surface area contributed by atoms with Gasteiger partial charge in [0.05, 0.1) is 29.0 Å². The number of nitrogens with one attached hydrogen (secondary N) is 1. The third-order valence-electron chi connectivity index (χ3n) is 6.69. The molecule has 10 heteroatoms. The highest BCUT2D eigenvalue weighted by atomic mass is 35.5. The molecule has 5 rings (SSSR count). The van der Waals surface area contributed by atoms with Gasteiger partial charge in [-0.3, -0.25) is 4.79 Å². The van der Waals surface area contributed by atoms with Gasteiger partial charge >= 0.3 is 7.12 Å². The second-order valence-electron chi connectivity index (χ2n) is 9.86. The Morgan fingerprint density at radius 2 is 1.89 bits per heavy atom. The standard InChI is InChI=1S/C28H26BClFN3O4/c1-13(2)27-15(4)26(35)20-9-14(3)8-19(28(20)37-27)16(5)33-22-6-7-23(30)34-25(22)17-10-18-12-32-38-29(36)24(18)21(31)11-17/h6-13,16,33,36H,1-5H3. The Hall–Kier alpha value is -3.69. The van der Waals surface area contributed by atoms with Crippen LogP contribution in [0.15, 0.2) is 50.8 Å². The van der Waals surface area contributed by atoms with Gasteiger partial charge in [-0.15, -0.1) is 5.16 Å². The predicted molar refractivity (Wildman–Crippen MR) is 149 cm³/mol. The number of hydrogen-bond donors (Lipinski definition) is 2. The second-order valence-corrected chi connectivity index (χ2v) is 10.2. The summed E-state index contributed by atoms with van der Waals surface area (Å²) in [5.74, 6) is 0.0499. The highest BCUT2D eigenvalue weighted by molar-refractivity contribution is 6.62. The summed E-state index contributed by atoms with van der Waals surface area (Å²) < 4.78 is 26.1. The molecule has 0 saturated heterocycles. The van der Waals surface area contributed by atoms with Crippen molar-refractivity contribution in [1.29, 1.82) is 0 Å². The van der Waals surface area contributed by atoms with E-state index in [1.54, 1.807) is 25.1 Å². The van der Waals surface area contributed by atoms with Gasteiger partial charge < -0.3 is 19.5 Å². The SMILES string of the molecule is Cc1cc(C(C)Nc2ccc(Cl)nc2-c2cc(F)c3c(c2)C=NOB3O)c2oc(C(C)C)c(C)c(=O)c2c1. The zero-order chi connectivity index (χ0) is 27.3. The van der Waals surface area contributed by atoms with Gasteiger partial charge in [0.25, 0.3) is 0 Å². The Labute approximate surface area is 224 Å². The summed E-state index contributed by atoms with van der Waals surface area (Å²) in [6.45, 7) is 9.67. The number of anilines is 1. The molecule has 2 aromatic heterocycles. The number of benzene rings is 2. The van der Waals surface area contributed by atoms with E-state index in [1.165, 1.54) is 12.3 Å². The minimum atomic E-state index is -1.49. The summed E-state index contributed by atoms with van der Waals surface area (Å²) in [4.78, 5) is 17.7. The van der Waals surface area contributed by atoms with Crippen LogP contribution in [0.1, 0.15) is 60.7 Å². The van der Waals surface area contributed by atoms with Crippen molar-refractivity contribution in [2.45, 2.75) is 46.6 Å². The summed E-state index contributed by atoms with van der Waals surface area (Å²) in [5.41, 5.74) is 4.67. The van der Waals surface area contributed by atoms with Crippen LogP contribution in [-0.2, 0) is 4.76 Å². The van der Waals surface area contributed by atoms with Gasteiger partial charge in [0, 0.05) is 33.6 Å². The molecule has 2 N–H and O–H groups in total. The van der Waals surface area contributed by atoms with Gasteiger partial charge in [0.15, 0.2) is 5.43 Å². The predicted octanol–water partition coefficient (Wildman–Crippen LogP) is 5.61. The van der Waals surface area contributed by atoms with Crippen LogP contribution in [0.25, 0.3) is 22.2 Å². The number of nitrogens with zero attached hydrogens (tertiary/aromatic N) is 2. The van der Waals surface area contributed by atoms with Gasteiger partial charge in [0.1, 0.15) is 22.3 Å². The van der Waals surface area contributed by atoms with E-state index in [1.807, 2.05) is 39.8 Å². The lowest BCUT2D eigenvalue weighted by molar-refractivity contribution is 0.285. The lowest BCUT2D eigenvalue weighted by Crippen LogP contribution is -2.40. The van der Waals surface area contributed by atoms with E-state index in [2.05, 4.69) is 15.5 Å². The number of oxime groups is 1. The zero-order valence-electron chi connectivity index (χ0n) is 21.6. The Kier molecular flexibility index (Phi) is 6.75. The maximum absolute atomic E-state index is 15.0. The number of pyridine rings is 1. The highest BCUT2D eigenvalue weighted by Crippen LogP contribution is 2.34. The Morgan fingerprint density at radius 1 is 1.13 bits per heavy atom. The van der Waals surface area contributed by atoms with Crippen molar-refractivity contribution in [3.63, 3.8) is 0 Å². The number of hydrogen-bond acceptors (Lipinski definition) is 7. The van der Waals surface area contributed by atoms with Crippen molar-refractivity contribution >= 4 is 47.1 Å². The molecular weight excluding hydrogens is 508 g/mol. The van der Waals surface area contributed by atoms with E-state index >= 15 is 0 Å². The van der Waals surface area contributed by atoms with Gasteiger partial charge in [-0.1, -0.05) is 31.5 Å². The third kappa shape index (κ3) is 4.57. The quantitative estimate of drug-likeness (QED) is 0.256. The summed E-state index contributed by atoms with van der Waals surface area (Å²) in [6.07, 6.45) is 1.34. The van der Waals surface area contributed by atoms with Crippen LogP contribution in [-0.4, -0.2) is 23.3 Å². The molecule has 0 radical (unpaired) electrons. The van der Waals surface area contributed by atoms with Crippen LogP contribution in [0.4, 0.5) is 10.1 Å². The average Bonchev–Trinajstić information content (AvgIpc) is 2.86. The van der Waals surface area contributed by atoms with E-state index < -0.39 is 12.9 Å². The Bertz CT molecular complexity index is 1670. The number of rotatable bonds is 5. The maximum Gasteiger partial charge on any atom is 0.586 e. The van der Waals surface area contributed by atoms with Crippen LogP contribution < -0.4 is 16.2 Å². The molecule has 38 heavy (non-hydrogen) atoms.